The molecule has 10 heteroatoms. The Kier molecular flexibility index (Phi) is 6.12. The highest BCUT2D eigenvalue weighted by Gasteiger charge is 2.23. The molecule has 5 rings (SSSR count). The van der Waals surface area contributed by atoms with E-state index in [-0.39, 0.29) is 0 Å². The van der Waals surface area contributed by atoms with Crippen molar-refractivity contribution < 1.29 is 4.74 Å². The standard InChI is InChI=1S/C25H31N9O/c1-32(2)18-6-9-34(10-7-18)22-13-23(35-4)21(12-19(22)26)31-25-27-8-5-20(30-25)16-11-17-15-29-33(3)24(17)28-14-16/h5,8,11-15,18H,6-7,9-10,26H2,1-4H3,(H,27,30,31). The molecular formula is C25H31N9O. The molecule has 35 heavy (non-hydrogen) atoms. The summed E-state index contributed by atoms with van der Waals surface area (Å²) < 4.78 is 7.45. The van der Waals surface area contributed by atoms with E-state index in [0.29, 0.717) is 23.4 Å². The van der Waals surface area contributed by atoms with Crippen LogP contribution in [-0.4, -0.2) is 70.0 Å². The minimum Gasteiger partial charge on any atom is -0.494 e. The molecule has 4 aromatic rings. The third-order valence-electron chi connectivity index (χ3n) is 6.65. The van der Waals surface area contributed by atoms with E-state index < -0.39 is 0 Å². The number of anilines is 4. The van der Waals surface area contributed by atoms with Crippen molar-refractivity contribution in [2.24, 2.45) is 7.05 Å². The lowest BCUT2D eigenvalue weighted by molar-refractivity contribution is 0.249. The largest absolute Gasteiger partial charge is 0.494 e. The lowest BCUT2D eigenvalue weighted by atomic mass is 10.0. The molecule has 182 valence electrons. The van der Waals surface area contributed by atoms with Crippen molar-refractivity contribution >= 4 is 34.0 Å². The normalized spacial score (nSPS) is 14.6. The number of piperidine rings is 1. The van der Waals surface area contributed by atoms with Crippen molar-refractivity contribution in [1.82, 2.24) is 29.6 Å². The van der Waals surface area contributed by atoms with Crippen molar-refractivity contribution in [3.05, 3.63) is 42.9 Å². The van der Waals surface area contributed by atoms with Gasteiger partial charge in [0.05, 0.1) is 36.1 Å². The number of nitrogens with two attached hydrogens (primary N) is 1. The van der Waals surface area contributed by atoms with Crippen molar-refractivity contribution in [3.63, 3.8) is 0 Å². The van der Waals surface area contributed by atoms with Crippen LogP contribution in [0.5, 0.6) is 5.75 Å². The summed E-state index contributed by atoms with van der Waals surface area (Å²) in [6.07, 6.45) is 7.52. The number of hydrogen-bond acceptors (Lipinski definition) is 9. The Morgan fingerprint density at radius 3 is 2.66 bits per heavy atom. The maximum Gasteiger partial charge on any atom is 0.227 e. The molecule has 0 spiro atoms. The van der Waals surface area contributed by atoms with Crippen LogP contribution in [0, 0.1) is 0 Å². The summed E-state index contributed by atoms with van der Waals surface area (Å²) in [5, 5.41) is 8.50. The van der Waals surface area contributed by atoms with Crippen molar-refractivity contribution in [1.29, 1.82) is 0 Å². The molecule has 3 N–H and O–H groups in total. The van der Waals surface area contributed by atoms with E-state index in [2.05, 4.69) is 44.3 Å². The number of ether oxygens (including phenoxy) is 1. The zero-order chi connectivity index (χ0) is 24.5. The highest BCUT2D eigenvalue weighted by atomic mass is 16.5. The molecular weight excluding hydrogens is 442 g/mol. The Bertz CT molecular complexity index is 1340. The van der Waals surface area contributed by atoms with Gasteiger partial charge in [-0.05, 0) is 45.1 Å². The maximum atomic E-state index is 6.50. The first-order valence-corrected chi connectivity index (χ1v) is 11.7. The molecule has 0 bridgehead atoms. The predicted octanol–water partition coefficient (Wildman–Crippen LogP) is 3.29. The molecule has 0 atom stereocenters. The average molecular weight is 474 g/mol. The van der Waals surface area contributed by atoms with E-state index >= 15 is 0 Å². The van der Waals surface area contributed by atoms with Gasteiger partial charge in [0.2, 0.25) is 5.95 Å². The molecule has 0 aliphatic carbocycles. The van der Waals surface area contributed by atoms with E-state index in [0.717, 1.165) is 59.6 Å². The second-order valence-corrected chi connectivity index (χ2v) is 9.09. The van der Waals surface area contributed by atoms with Gasteiger partial charge in [0.15, 0.2) is 5.65 Å². The number of aryl methyl sites for hydroxylation is 1. The van der Waals surface area contributed by atoms with Gasteiger partial charge in [-0.2, -0.15) is 5.10 Å². The fraction of sp³-hybridized carbons (Fsp3) is 0.360. The summed E-state index contributed by atoms with van der Waals surface area (Å²) >= 11 is 0. The first kappa shape index (κ1) is 22.9. The van der Waals surface area contributed by atoms with Crippen LogP contribution in [0.4, 0.5) is 23.0 Å². The summed E-state index contributed by atoms with van der Waals surface area (Å²) in [5.41, 5.74) is 11.4. The van der Waals surface area contributed by atoms with Gasteiger partial charge in [0.1, 0.15) is 5.75 Å². The molecule has 4 heterocycles. The first-order valence-electron chi connectivity index (χ1n) is 11.7. The second kappa shape index (κ2) is 9.38. The van der Waals surface area contributed by atoms with E-state index in [9.17, 15) is 0 Å². The minimum absolute atomic E-state index is 0.450. The summed E-state index contributed by atoms with van der Waals surface area (Å²) in [7, 11) is 7.81. The topological polar surface area (TPSA) is 110 Å². The van der Waals surface area contributed by atoms with Crippen LogP contribution in [0.25, 0.3) is 22.3 Å². The lowest BCUT2D eigenvalue weighted by Gasteiger charge is -2.37. The number of pyridine rings is 1. The number of nitrogens with one attached hydrogen (secondary N) is 1. The molecule has 0 saturated carbocycles. The molecule has 1 saturated heterocycles. The van der Waals surface area contributed by atoms with Crippen LogP contribution in [0.1, 0.15) is 12.8 Å². The lowest BCUT2D eigenvalue weighted by Crippen LogP contribution is -2.42. The van der Waals surface area contributed by atoms with Crippen LogP contribution in [0.2, 0.25) is 0 Å². The Morgan fingerprint density at radius 2 is 1.91 bits per heavy atom. The Morgan fingerprint density at radius 1 is 1.11 bits per heavy atom. The number of rotatable bonds is 6. The fourth-order valence-corrected chi connectivity index (χ4v) is 4.63. The Labute approximate surface area is 204 Å². The average Bonchev–Trinajstić information content (AvgIpc) is 3.24. The number of benzene rings is 1. The fourth-order valence-electron chi connectivity index (χ4n) is 4.63. The SMILES string of the molecule is COc1cc(N2CCC(N(C)C)CC2)c(N)cc1Nc1nccc(-c2cnc3c(cnn3C)c2)n1. The summed E-state index contributed by atoms with van der Waals surface area (Å²) in [6.45, 7) is 1.92. The second-order valence-electron chi connectivity index (χ2n) is 9.09. The van der Waals surface area contributed by atoms with Gasteiger partial charge in [-0.15, -0.1) is 0 Å². The zero-order valence-corrected chi connectivity index (χ0v) is 20.6. The number of nitrogen functional groups attached to an aromatic ring is 1. The third kappa shape index (κ3) is 4.57. The monoisotopic (exact) mass is 473 g/mol. The van der Waals surface area contributed by atoms with Crippen molar-refractivity contribution in [3.8, 4) is 17.0 Å². The van der Waals surface area contributed by atoms with Crippen LogP contribution in [-0.2, 0) is 7.05 Å². The van der Waals surface area contributed by atoms with E-state index in [1.807, 2.05) is 31.3 Å². The molecule has 0 radical (unpaired) electrons. The van der Waals surface area contributed by atoms with Crippen LogP contribution >= 0.6 is 0 Å². The minimum atomic E-state index is 0.450. The predicted molar refractivity (Wildman–Crippen MR) is 139 cm³/mol. The number of fused-ring (bicyclic) bond motifs is 1. The molecule has 1 fully saturated rings. The number of hydrogen-bond donors (Lipinski definition) is 2. The van der Waals surface area contributed by atoms with Crippen molar-refractivity contribution in [2.75, 3.05) is 50.2 Å². The van der Waals surface area contributed by atoms with Gasteiger partial charge < -0.3 is 25.6 Å². The molecule has 1 aromatic carbocycles. The maximum absolute atomic E-state index is 6.50. The molecule has 0 amide bonds. The van der Waals surface area contributed by atoms with Crippen LogP contribution < -0.4 is 20.7 Å². The highest BCUT2D eigenvalue weighted by molar-refractivity contribution is 5.81. The Balaban J connectivity index is 1.38. The van der Waals surface area contributed by atoms with Gasteiger partial charge in [0, 0.05) is 55.6 Å². The molecule has 1 aliphatic heterocycles. The molecule has 0 unspecified atom stereocenters. The summed E-state index contributed by atoms with van der Waals surface area (Å²) in [5.74, 6) is 1.14. The first-order chi connectivity index (χ1) is 16.9. The van der Waals surface area contributed by atoms with Gasteiger partial charge in [-0.1, -0.05) is 0 Å². The number of methoxy groups -OCH3 is 1. The van der Waals surface area contributed by atoms with Gasteiger partial charge in [0.25, 0.3) is 0 Å². The number of nitrogens with zero attached hydrogens (tertiary/aromatic N) is 7. The quantitative estimate of drug-likeness (QED) is 0.408. The summed E-state index contributed by atoms with van der Waals surface area (Å²) in [6, 6.07) is 8.38. The third-order valence-corrected chi connectivity index (χ3v) is 6.65. The van der Waals surface area contributed by atoms with E-state index in [1.165, 1.54) is 0 Å². The van der Waals surface area contributed by atoms with E-state index in [4.69, 9.17) is 15.5 Å². The van der Waals surface area contributed by atoms with Crippen LogP contribution in [0.3, 0.4) is 0 Å². The number of aromatic nitrogens is 5. The summed E-state index contributed by atoms with van der Waals surface area (Å²) in [4.78, 5) is 18.2. The van der Waals surface area contributed by atoms with Crippen LogP contribution in [0.15, 0.2) is 42.9 Å². The Hall–Kier alpha value is -3.92. The molecule has 1 aliphatic rings. The van der Waals surface area contributed by atoms with Crippen molar-refractivity contribution in [2.45, 2.75) is 18.9 Å². The molecule has 3 aromatic heterocycles. The molecule has 10 nitrogen and oxygen atoms in total. The highest BCUT2D eigenvalue weighted by Crippen LogP contribution is 2.37. The van der Waals surface area contributed by atoms with Gasteiger partial charge >= 0.3 is 0 Å². The van der Waals surface area contributed by atoms with Gasteiger partial charge in [-0.25, -0.2) is 15.0 Å². The van der Waals surface area contributed by atoms with E-state index in [1.54, 1.807) is 30.4 Å². The van der Waals surface area contributed by atoms with Gasteiger partial charge in [-0.3, -0.25) is 4.68 Å². The smallest absolute Gasteiger partial charge is 0.227 e. The zero-order valence-electron chi connectivity index (χ0n) is 20.6.